The van der Waals surface area contributed by atoms with Crippen molar-refractivity contribution in [2.45, 2.75) is 32.0 Å². The molecule has 1 unspecified atom stereocenters. The second-order valence-corrected chi connectivity index (χ2v) is 4.57. The van der Waals surface area contributed by atoms with Crippen molar-refractivity contribution in [1.82, 2.24) is 15.3 Å². The third kappa shape index (κ3) is 3.90. The van der Waals surface area contributed by atoms with Crippen LogP contribution in [0.3, 0.4) is 0 Å². The topological polar surface area (TPSA) is 37.8 Å². The first-order valence-corrected chi connectivity index (χ1v) is 6.50. The van der Waals surface area contributed by atoms with Crippen LogP contribution in [0.15, 0.2) is 30.6 Å². The zero-order valence-corrected chi connectivity index (χ0v) is 11.1. The molecule has 0 amide bonds. The van der Waals surface area contributed by atoms with Crippen molar-refractivity contribution in [3.05, 3.63) is 36.2 Å². The predicted molar refractivity (Wildman–Crippen MR) is 71.2 cm³/mol. The third-order valence-corrected chi connectivity index (χ3v) is 3.06. The standard InChI is InChI=1S/C14H16F3N3/c1-2-18-11(5-6-14(15,16)17)10-3-4-12-13(9-10)20-8-7-19-12/h3-4,7-9,11,18H,2,5-6H2,1H3. The Labute approximate surface area is 115 Å². The van der Waals surface area contributed by atoms with Crippen molar-refractivity contribution in [1.29, 1.82) is 0 Å². The van der Waals surface area contributed by atoms with Crippen LogP contribution in [0.25, 0.3) is 11.0 Å². The van der Waals surface area contributed by atoms with Crippen LogP contribution in [0.5, 0.6) is 0 Å². The van der Waals surface area contributed by atoms with Crippen LogP contribution in [0.1, 0.15) is 31.4 Å². The molecule has 0 bridgehead atoms. The minimum atomic E-state index is -4.13. The van der Waals surface area contributed by atoms with Gasteiger partial charge in [0.25, 0.3) is 0 Å². The fourth-order valence-electron chi connectivity index (χ4n) is 2.14. The Balaban J connectivity index is 2.21. The molecule has 0 fully saturated rings. The van der Waals surface area contributed by atoms with Crippen molar-refractivity contribution in [3.63, 3.8) is 0 Å². The molecular formula is C14H16F3N3. The van der Waals surface area contributed by atoms with E-state index in [1.54, 1.807) is 30.6 Å². The highest BCUT2D eigenvalue weighted by Gasteiger charge is 2.28. The number of benzene rings is 1. The van der Waals surface area contributed by atoms with E-state index >= 15 is 0 Å². The van der Waals surface area contributed by atoms with Gasteiger partial charge in [-0.3, -0.25) is 9.97 Å². The quantitative estimate of drug-likeness (QED) is 0.910. The second kappa shape index (κ2) is 6.17. The largest absolute Gasteiger partial charge is 0.389 e. The first-order valence-electron chi connectivity index (χ1n) is 6.50. The SMILES string of the molecule is CCNC(CCC(F)(F)F)c1ccc2nccnc2c1. The molecule has 1 heterocycles. The normalized spacial score (nSPS) is 13.6. The van der Waals surface area contributed by atoms with Crippen LogP contribution in [-0.4, -0.2) is 22.7 Å². The van der Waals surface area contributed by atoms with Crippen LogP contribution in [-0.2, 0) is 0 Å². The van der Waals surface area contributed by atoms with Crippen LogP contribution in [0.4, 0.5) is 13.2 Å². The van der Waals surface area contributed by atoms with E-state index in [-0.39, 0.29) is 12.5 Å². The van der Waals surface area contributed by atoms with E-state index in [9.17, 15) is 13.2 Å². The lowest BCUT2D eigenvalue weighted by Gasteiger charge is -2.19. The number of nitrogens with one attached hydrogen (secondary N) is 1. The van der Waals surface area contributed by atoms with Gasteiger partial charge < -0.3 is 5.32 Å². The van der Waals surface area contributed by atoms with E-state index in [0.29, 0.717) is 12.1 Å². The Morgan fingerprint density at radius 3 is 2.50 bits per heavy atom. The van der Waals surface area contributed by atoms with Crippen LogP contribution < -0.4 is 5.32 Å². The molecule has 2 aromatic rings. The minimum absolute atomic E-state index is 0.0170. The molecule has 0 saturated carbocycles. The van der Waals surface area contributed by atoms with Gasteiger partial charge in [-0.2, -0.15) is 13.2 Å². The molecule has 2 rings (SSSR count). The summed E-state index contributed by atoms with van der Waals surface area (Å²) in [5.41, 5.74) is 2.24. The fourth-order valence-corrected chi connectivity index (χ4v) is 2.14. The highest BCUT2D eigenvalue weighted by atomic mass is 19.4. The predicted octanol–water partition coefficient (Wildman–Crippen LogP) is 3.62. The number of hydrogen-bond donors (Lipinski definition) is 1. The first kappa shape index (κ1) is 14.7. The van der Waals surface area contributed by atoms with Gasteiger partial charge in [0.15, 0.2) is 0 Å². The Morgan fingerprint density at radius 2 is 1.85 bits per heavy atom. The molecule has 6 heteroatoms. The summed E-state index contributed by atoms with van der Waals surface area (Å²) in [6, 6.07) is 5.07. The number of hydrogen-bond acceptors (Lipinski definition) is 3. The van der Waals surface area contributed by atoms with Gasteiger partial charge in [-0.05, 0) is 30.7 Å². The maximum atomic E-state index is 12.4. The summed E-state index contributed by atoms with van der Waals surface area (Å²) >= 11 is 0. The maximum absolute atomic E-state index is 12.4. The highest BCUT2D eigenvalue weighted by Crippen LogP contribution is 2.28. The monoisotopic (exact) mass is 283 g/mol. The van der Waals surface area contributed by atoms with E-state index in [0.717, 1.165) is 11.1 Å². The van der Waals surface area contributed by atoms with E-state index < -0.39 is 12.6 Å². The molecule has 1 N–H and O–H groups in total. The summed E-state index contributed by atoms with van der Waals surface area (Å²) in [4.78, 5) is 8.33. The molecule has 0 radical (unpaired) electrons. The zero-order valence-electron chi connectivity index (χ0n) is 11.1. The van der Waals surface area contributed by atoms with Crippen molar-refractivity contribution >= 4 is 11.0 Å². The summed E-state index contributed by atoms with van der Waals surface area (Å²) in [5, 5.41) is 3.09. The lowest BCUT2D eigenvalue weighted by Crippen LogP contribution is -2.23. The summed E-state index contributed by atoms with van der Waals surface area (Å²) in [5.74, 6) is 0. The van der Waals surface area contributed by atoms with E-state index in [2.05, 4.69) is 15.3 Å². The molecule has 0 saturated heterocycles. The smallest absolute Gasteiger partial charge is 0.310 e. The number of alkyl halides is 3. The molecule has 0 aliphatic heterocycles. The van der Waals surface area contributed by atoms with Gasteiger partial charge in [0.1, 0.15) is 0 Å². The van der Waals surface area contributed by atoms with Gasteiger partial charge >= 0.3 is 6.18 Å². The summed E-state index contributed by atoms with van der Waals surface area (Å²) in [7, 11) is 0. The molecule has 1 aromatic heterocycles. The number of halogens is 3. The molecule has 20 heavy (non-hydrogen) atoms. The van der Waals surface area contributed by atoms with Gasteiger partial charge in [0.2, 0.25) is 0 Å². The molecule has 0 aliphatic carbocycles. The van der Waals surface area contributed by atoms with Crippen molar-refractivity contribution in [2.75, 3.05) is 6.54 Å². The molecule has 1 atom stereocenters. The van der Waals surface area contributed by atoms with Crippen LogP contribution in [0, 0.1) is 0 Å². The Bertz CT molecular complexity index is 569. The van der Waals surface area contributed by atoms with Gasteiger partial charge in [-0.15, -0.1) is 0 Å². The van der Waals surface area contributed by atoms with Gasteiger partial charge in [0, 0.05) is 24.9 Å². The average molecular weight is 283 g/mol. The lowest BCUT2D eigenvalue weighted by molar-refractivity contribution is -0.136. The summed E-state index contributed by atoms with van der Waals surface area (Å²) in [6.45, 7) is 2.49. The lowest BCUT2D eigenvalue weighted by atomic mass is 10.0. The van der Waals surface area contributed by atoms with E-state index in [1.165, 1.54) is 0 Å². The number of fused-ring (bicyclic) bond motifs is 1. The van der Waals surface area contributed by atoms with Gasteiger partial charge in [-0.25, -0.2) is 0 Å². The molecule has 0 aliphatic rings. The zero-order chi connectivity index (χ0) is 14.6. The molecular weight excluding hydrogens is 267 g/mol. The Hall–Kier alpha value is -1.69. The van der Waals surface area contributed by atoms with Gasteiger partial charge in [-0.1, -0.05) is 13.0 Å². The van der Waals surface area contributed by atoms with Gasteiger partial charge in [0.05, 0.1) is 11.0 Å². The fraction of sp³-hybridized carbons (Fsp3) is 0.429. The number of nitrogens with zero attached hydrogens (tertiary/aromatic N) is 2. The highest BCUT2D eigenvalue weighted by molar-refractivity contribution is 5.74. The summed E-state index contributed by atoms with van der Waals surface area (Å²) < 4.78 is 37.1. The first-order chi connectivity index (χ1) is 9.49. The van der Waals surface area contributed by atoms with Crippen molar-refractivity contribution in [2.24, 2.45) is 0 Å². The Morgan fingerprint density at radius 1 is 1.15 bits per heavy atom. The summed E-state index contributed by atoms with van der Waals surface area (Å²) in [6.07, 6.45) is -1.76. The van der Waals surface area contributed by atoms with Crippen molar-refractivity contribution in [3.8, 4) is 0 Å². The van der Waals surface area contributed by atoms with Crippen LogP contribution >= 0.6 is 0 Å². The number of rotatable bonds is 5. The number of aromatic nitrogens is 2. The van der Waals surface area contributed by atoms with Crippen LogP contribution in [0.2, 0.25) is 0 Å². The molecule has 3 nitrogen and oxygen atoms in total. The van der Waals surface area contributed by atoms with Crippen molar-refractivity contribution < 1.29 is 13.2 Å². The molecule has 0 spiro atoms. The van der Waals surface area contributed by atoms with E-state index in [4.69, 9.17) is 0 Å². The molecule has 1 aromatic carbocycles. The maximum Gasteiger partial charge on any atom is 0.389 e. The van der Waals surface area contributed by atoms with E-state index in [1.807, 2.05) is 6.92 Å². The minimum Gasteiger partial charge on any atom is -0.310 e. The Kier molecular flexibility index (Phi) is 4.54. The average Bonchev–Trinajstić information content (AvgIpc) is 2.42. The second-order valence-electron chi connectivity index (χ2n) is 4.57. The third-order valence-electron chi connectivity index (χ3n) is 3.06. The molecule has 108 valence electrons.